The lowest BCUT2D eigenvalue weighted by Crippen LogP contribution is -2.14. The van der Waals surface area contributed by atoms with Gasteiger partial charge in [-0.25, -0.2) is 4.68 Å². The zero-order valence-corrected chi connectivity index (χ0v) is 16.5. The van der Waals surface area contributed by atoms with Crippen LogP contribution in [0.15, 0.2) is 52.2 Å². The molecule has 0 aliphatic heterocycles. The van der Waals surface area contributed by atoms with Gasteiger partial charge < -0.3 is 9.73 Å². The van der Waals surface area contributed by atoms with Crippen LogP contribution in [0.25, 0.3) is 0 Å². The number of thioether (sulfide) groups is 1. The Bertz CT molecular complexity index is 919. The first kappa shape index (κ1) is 19.8. The molecular weight excluding hydrogens is 378 g/mol. The number of carbonyl (C=O) groups is 2. The third-order valence-electron chi connectivity index (χ3n) is 3.80. The molecule has 2 heterocycles. The highest BCUT2D eigenvalue weighted by Gasteiger charge is 2.13. The van der Waals surface area contributed by atoms with E-state index < -0.39 is 0 Å². The lowest BCUT2D eigenvalue weighted by molar-refractivity contribution is -0.116. The Balaban J connectivity index is 1.54. The van der Waals surface area contributed by atoms with Gasteiger partial charge in [-0.3, -0.25) is 9.59 Å². The number of nitrogens with zero attached hydrogens (tertiary/aromatic N) is 4. The summed E-state index contributed by atoms with van der Waals surface area (Å²) < 4.78 is 6.88. The van der Waals surface area contributed by atoms with Crippen molar-refractivity contribution < 1.29 is 14.0 Å². The molecule has 3 rings (SSSR count). The van der Waals surface area contributed by atoms with Gasteiger partial charge in [0.15, 0.2) is 5.78 Å². The number of amides is 1. The highest BCUT2D eigenvalue weighted by atomic mass is 32.2. The number of anilines is 1. The predicted octanol–water partition coefficient (Wildman–Crippen LogP) is 3.27. The molecule has 0 spiro atoms. The number of furan rings is 1. The van der Waals surface area contributed by atoms with Crippen LogP contribution in [0.5, 0.6) is 0 Å². The van der Waals surface area contributed by atoms with E-state index in [-0.39, 0.29) is 17.4 Å². The summed E-state index contributed by atoms with van der Waals surface area (Å²) in [7, 11) is 0. The van der Waals surface area contributed by atoms with Gasteiger partial charge in [-0.15, -0.1) is 5.10 Å². The largest absolute Gasteiger partial charge is 0.467 e. The van der Waals surface area contributed by atoms with Crippen LogP contribution >= 0.6 is 11.8 Å². The lowest BCUT2D eigenvalue weighted by Gasteiger charge is -2.08. The maximum atomic E-state index is 12.4. The zero-order chi connectivity index (χ0) is 19.9. The first-order valence-corrected chi connectivity index (χ1v) is 9.84. The van der Waals surface area contributed by atoms with Crippen LogP contribution < -0.4 is 5.32 Å². The fraction of sp³-hybridized carbons (Fsp3) is 0.316. The van der Waals surface area contributed by atoms with Crippen LogP contribution in [0.2, 0.25) is 0 Å². The van der Waals surface area contributed by atoms with Crippen molar-refractivity contribution >= 4 is 29.1 Å². The fourth-order valence-corrected chi connectivity index (χ4v) is 3.26. The molecular formula is C19H21N5O3S. The molecule has 0 fully saturated rings. The van der Waals surface area contributed by atoms with Crippen molar-refractivity contribution in [2.75, 3.05) is 11.1 Å². The molecule has 28 heavy (non-hydrogen) atoms. The van der Waals surface area contributed by atoms with Crippen LogP contribution in [-0.2, 0) is 11.3 Å². The average Bonchev–Trinajstić information content (AvgIpc) is 3.32. The average molecular weight is 399 g/mol. The molecule has 9 heteroatoms. The van der Waals surface area contributed by atoms with Gasteiger partial charge in [-0.1, -0.05) is 25.6 Å². The summed E-state index contributed by atoms with van der Waals surface area (Å²) in [5, 5.41) is 14.9. The van der Waals surface area contributed by atoms with Gasteiger partial charge >= 0.3 is 0 Å². The number of aromatic nitrogens is 4. The van der Waals surface area contributed by atoms with Crippen molar-refractivity contribution in [3.8, 4) is 0 Å². The summed E-state index contributed by atoms with van der Waals surface area (Å²) >= 11 is 1.27. The molecule has 0 aliphatic carbocycles. The number of rotatable bonds is 9. The highest BCUT2D eigenvalue weighted by molar-refractivity contribution is 7.99. The molecule has 0 radical (unpaired) electrons. The van der Waals surface area contributed by atoms with Gasteiger partial charge in [0.25, 0.3) is 0 Å². The van der Waals surface area contributed by atoms with E-state index in [9.17, 15) is 9.59 Å². The molecule has 1 amide bonds. The molecule has 3 aromatic rings. The lowest BCUT2D eigenvalue weighted by atomic mass is 10.1. The Morgan fingerprint density at radius 1 is 1.21 bits per heavy atom. The van der Waals surface area contributed by atoms with Gasteiger partial charge in [0, 0.05) is 17.7 Å². The Hall–Kier alpha value is -2.94. The summed E-state index contributed by atoms with van der Waals surface area (Å²) in [5.74, 6) is 1.15. The quantitative estimate of drug-likeness (QED) is 0.435. The van der Waals surface area contributed by atoms with E-state index in [1.54, 1.807) is 41.3 Å². The standard InChI is InChI=1S/C19H21N5O3S/c1-13(2)10-18(26)20-15-7-5-14(6-8-15)17(25)12-28-19-21-22-23-24(19)11-16-4-3-9-27-16/h3-9,13H,10-12H2,1-2H3,(H,20,26). The summed E-state index contributed by atoms with van der Waals surface area (Å²) in [6.45, 7) is 4.38. The Morgan fingerprint density at radius 3 is 2.68 bits per heavy atom. The monoisotopic (exact) mass is 399 g/mol. The summed E-state index contributed by atoms with van der Waals surface area (Å²) in [6, 6.07) is 10.5. The van der Waals surface area contributed by atoms with Gasteiger partial charge in [-0.2, -0.15) is 0 Å². The fourth-order valence-electron chi connectivity index (χ4n) is 2.48. The van der Waals surface area contributed by atoms with Gasteiger partial charge in [0.1, 0.15) is 12.3 Å². The van der Waals surface area contributed by atoms with Crippen molar-refractivity contribution in [3.63, 3.8) is 0 Å². The van der Waals surface area contributed by atoms with E-state index in [2.05, 4.69) is 20.8 Å². The van der Waals surface area contributed by atoms with Crippen molar-refractivity contribution in [1.29, 1.82) is 0 Å². The number of hydrogen-bond donors (Lipinski definition) is 1. The Labute approximate surface area is 166 Å². The summed E-state index contributed by atoms with van der Waals surface area (Å²) in [4.78, 5) is 24.3. The number of hydrogen-bond acceptors (Lipinski definition) is 7. The number of carbonyl (C=O) groups excluding carboxylic acids is 2. The molecule has 146 valence electrons. The van der Waals surface area contributed by atoms with Crippen molar-refractivity contribution in [1.82, 2.24) is 20.2 Å². The summed E-state index contributed by atoms with van der Waals surface area (Å²) in [5.41, 5.74) is 1.25. The van der Waals surface area contributed by atoms with E-state index in [0.29, 0.717) is 35.3 Å². The maximum absolute atomic E-state index is 12.4. The number of tetrazole rings is 1. The van der Waals surface area contributed by atoms with Crippen LogP contribution in [0.1, 0.15) is 36.4 Å². The minimum Gasteiger partial charge on any atom is -0.467 e. The molecule has 0 unspecified atom stereocenters. The van der Waals surface area contributed by atoms with Crippen LogP contribution in [0.3, 0.4) is 0 Å². The number of Topliss-reactive ketones (excluding diaryl/α,β-unsaturated/α-hetero) is 1. The van der Waals surface area contributed by atoms with E-state index in [1.807, 2.05) is 19.9 Å². The summed E-state index contributed by atoms with van der Waals surface area (Å²) in [6.07, 6.45) is 2.05. The van der Waals surface area contributed by atoms with Gasteiger partial charge in [0.2, 0.25) is 11.1 Å². The maximum Gasteiger partial charge on any atom is 0.224 e. The van der Waals surface area contributed by atoms with E-state index >= 15 is 0 Å². The van der Waals surface area contributed by atoms with Crippen molar-refractivity contribution in [3.05, 3.63) is 54.0 Å². The van der Waals surface area contributed by atoms with Gasteiger partial charge in [-0.05, 0) is 52.7 Å². The second kappa shape index (κ2) is 9.32. The van der Waals surface area contributed by atoms with Crippen LogP contribution in [0.4, 0.5) is 5.69 Å². The minimum atomic E-state index is -0.0439. The number of nitrogens with one attached hydrogen (secondary N) is 1. The van der Waals surface area contributed by atoms with E-state index in [0.717, 1.165) is 5.76 Å². The van der Waals surface area contributed by atoms with E-state index in [4.69, 9.17) is 4.42 Å². The third-order valence-corrected chi connectivity index (χ3v) is 4.76. The molecule has 0 saturated heterocycles. The zero-order valence-electron chi connectivity index (χ0n) is 15.7. The molecule has 1 aromatic carbocycles. The van der Waals surface area contributed by atoms with E-state index in [1.165, 1.54) is 11.8 Å². The van der Waals surface area contributed by atoms with Crippen molar-refractivity contribution in [2.24, 2.45) is 5.92 Å². The first-order valence-electron chi connectivity index (χ1n) is 8.85. The molecule has 0 aliphatic rings. The molecule has 0 saturated carbocycles. The van der Waals surface area contributed by atoms with Crippen LogP contribution in [-0.4, -0.2) is 37.7 Å². The third kappa shape index (κ3) is 5.53. The topological polar surface area (TPSA) is 103 Å². The normalized spacial score (nSPS) is 11.0. The number of ketones is 1. The molecule has 8 nitrogen and oxygen atoms in total. The second-order valence-electron chi connectivity index (χ2n) is 6.63. The first-order chi connectivity index (χ1) is 13.5. The minimum absolute atomic E-state index is 0.0342. The smallest absolute Gasteiger partial charge is 0.224 e. The SMILES string of the molecule is CC(C)CC(=O)Nc1ccc(C(=O)CSc2nnnn2Cc2ccco2)cc1. The Morgan fingerprint density at radius 2 is 2.00 bits per heavy atom. The molecule has 0 atom stereocenters. The second-order valence-corrected chi connectivity index (χ2v) is 7.58. The van der Waals surface area contributed by atoms with Crippen LogP contribution in [0, 0.1) is 5.92 Å². The predicted molar refractivity (Wildman–Crippen MR) is 105 cm³/mol. The Kier molecular flexibility index (Phi) is 6.59. The van der Waals surface area contributed by atoms with Gasteiger partial charge in [0.05, 0.1) is 12.0 Å². The molecule has 2 aromatic heterocycles. The van der Waals surface area contributed by atoms with Crippen molar-refractivity contribution in [2.45, 2.75) is 32.0 Å². The highest BCUT2D eigenvalue weighted by Crippen LogP contribution is 2.18. The molecule has 0 bridgehead atoms. The number of benzene rings is 1. The molecule has 1 N–H and O–H groups in total.